The Hall–Kier alpha value is -2.83. The molecule has 7 nitrogen and oxygen atoms in total. The lowest BCUT2D eigenvalue weighted by atomic mass is 10.0. The van der Waals surface area contributed by atoms with Crippen molar-refractivity contribution in [1.29, 1.82) is 0 Å². The lowest BCUT2D eigenvalue weighted by Crippen LogP contribution is -2.51. The molecular weight excluding hydrogens is 344 g/mol. The summed E-state index contributed by atoms with van der Waals surface area (Å²) in [6.07, 6.45) is 5.34. The van der Waals surface area contributed by atoms with Gasteiger partial charge in [0.1, 0.15) is 12.1 Å². The van der Waals surface area contributed by atoms with Crippen molar-refractivity contribution in [3.8, 4) is 0 Å². The first kappa shape index (κ1) is 17.6. The van der Waals surface area contributed by atoms with Gasteiger partial charge in [-0.1, -0.05) is 18.2 Å². The molecule has 2 aliphatic heterocycles. The van der Waals surface area contributed by atoms with Crippen LogP contribution in [0, 0.1) is 0 Å². The number of amides is 4. The van der Waals surface area contributed by atoms with Crippen LogP contribution in [0.25, 0.3) is 10.9 Å². The van der Waals surface area contributed by atoms with Gasteiger partial charge in [-0.25, -0.2) is 4.79 Å². The van der Waals surface area contributed by atoms with Gasteiger partial charge in [0.25, 0.3) is 5.91 Å². The zero-order chi connectivity index (χ0) is 19.0. The maximum atomic E-state index is 12.9. The Kier molecular flexibility index (Phi) is 4.59. The second-order valence-corrected chi connectivity index (χ2v) is 7.34. The molecule has 2 saturated heterocycles. The number of hydrogen-bond donors (Lipinski definition) is 2. The molecule has 142 valence electrons. The first-order chi connectivity index (χ1) is 13.1. The van der Waals surface area contributed by atoms with Crippen molar-refractivity contribution >= 4 is 28.7 Å². The number of nitrogens with zero attached hydrogens (tertiary/aromatic N) is 2. The van der Waals surface area contributed by atoms with Crippen molar-refractivity contribution < 1.29 is 14.4 Å². The Morgan fingerprint density at radius 2 is 1.93 bits per heavy atom. The molecule has 1 aromatic heterocycles. The van der Waals surface area contributed by atoms with E-state index in [0.717, 1.165) is 40.6 Å². The minimum Gasteiger partial charge on any atom is -0.361 e. The lowest BCUT2D eigenvalue weighted by molar-refractivity contribution is -0.142. The Bertz CT molecular complexity index is 884. The maximum Gasteiger partial charge on any atom is 0.325 e. The number of nitrogens with one attached hydrogen (secondary N) is 2. The topological polar surface area (TPSA) is 85.5 Å². The van der Waals surface area contributed by atoms with E-state index in [2.05, 4.69) is 10.3 Å². The number of para-hydroxylation sites is 1. The minimum absolute atomic E-state index is 0.147. The average Bonchev–Trinajstić information content (AvgIpc) is 3.22. The third-order valence-electron chi connectivity index (χ3n) is 5.56. The van der Waals surface area contributed by atoms with Gasteiger partial charge in [0.2, 0.25) is 5.91 Å². The largest absolute Gasteiger partial charge is 0.361 e. The van der Waals surface area contributed by atoms with Crippen LogP contribution < -0.4 is 5.32 Å². The molecule has 7 heteroatoms. The highest BCUT2D eigenvalue weighted by Gasteiger charge is 2.43. The van der Waals surface area contributed by atoms with Crippen LogP contribution in [0.3, 0.4) is 0 Å². The number of fused-ring (bicyclic) bond motifs is 1. The average molecular weight is 368 g/mol. The van der Waals surface area contributed by atoms with Crippen LogP contribution in [-0.4, -0.2) is 57.8 Å². The fourth-order valence-electron chi connectivity index (χ4n) is 4.06. The van der Waals surface area contributed by atoms with Crippen molar-refractivity contribution in [1.82, 2.24) is 20.1 Å². The van der Waals surface area contributed by atoms with Gasteiger partial charge in [0.05, 0.1) is 0 Å². The van der Waals surface area contributed by atoms with Crippen molar-refractivity contribution in [2.75, 3.05) is 13.1 Å². The van der Waals surface area contributed by atoms with Crippen LogP contribution in [0.2, 0.25) is 0 Å². The fourth-order valence-corrected chi connectivity index (χ4v) is 4.06. The van der Waals surface area contributed by atoms with E-state index in [1.807, 2.05) is 30.5 Å². The molecule has 1 aromatic carbocycles. The number of likely N-dealkylation sites (tertiary alicyclic amines) is 1. The van der Waals surface area contributed by atoms with E-state index < -0.39 is 18.1 Å². The lowest BCUT2D eigenvalue weighted by Gasteiger charge is -2.31. The highest BCUT2D eigenvalue weighted by Crippen LogP contribution is 2.22. The summed E-state index contributed by atoms with van der Waals surface area (Å²) in [7, 11) is 0. The third kappa shape index (κ3) is 3.18. The van der Waals surface area contributed by atoms with Crippen molar-refractivity contribution in [2.24, 2.45) is 0 Å². The van der Waals surface area contributed by atoms with Crippen LogP contribution >= 0.6 is 0 Å². The van der Waals surface area contributed by atoms with E-state index >= 15 is 0 Å². The highest BCUT2D eigenvalue weighted by atomic mass is 16.2. The summed E-state index contributed by atoms with van der Waals surface area (Å²) in [4.78, 5) is 44.1. The molecule has 2 fully saturated rings. The predicted octanol–water partition coefficient (Wildman–Crippen LogP) is 2.03. The molecule has 2 atom stereocenters. The van der Waals surface area contributed by atoms with Gasteiger partial charge in [-0.3, -0.25) is 14.5 Å². The molecule has 0 unspecified atom stereocenters. The standard InChI is InChI=1S/C20H24N4O3/c1-13(18(25)23-9-5-2-6-10-23)24-19(26)17(22-20(24)27)11-14-12-21-16-8-4-3-7-15(14)16/h3-4,7-8,12-13,17,21H,2,5-6,9-11H2,1H3,(H,22,27)/t13-,17+/m1/s1. The summed E-state index contributed by atoms with van der Waals surface area (Å²) in [6.45, 7) is 3.04. The smallest absolute Gasteiger partial charge is 0.325 e. The second kappa shape index (κ2) is 7.06. The molecule has 0 radical (unpaired) electrons. The second-order valence-electron chi connectivity index (χ2n) is 7.34. The normalized spacial score (nSPS) is 21.6. The predicted molar refractivity (Wildman–Crippen MR) is 101 cm³/mol. The number of piperidine rings is 1. The van der Waals surface area contributed by atoms with Crippen LogP contribution in [0.15, 0.2) is 30.5 Å². The summed E-state index contributed by atoms with van der Waals surface area (Å²) in [5, 5.41) is 3.79. The van der Waals surface area contributed by atoms with Gasteiger partial charge in [-0.15, -0.1) is 0 Å². The Labute approximate surface area is 157 Å². The molecule has 0 aliphatic carbocycles. The Balaban J connectivity index is 1.49. The van der Waals surface area contributed by atoms with E-state index in [9.17, 15) is 14.4 Å². The SMILES string of the molecule is C[C@H](C(=O)N1CCCCC1)N1C(=O)N[C@@H](Cc2c[nH]c3ccccc23)C1=O. The van der Waals surface area contributed by atoms with Crippen molar-refractivity contribution in [3.63, 3.8) is 0 Å². The highest BCUT2D eigenvalue weighted by molar-refractivity contribution is 6.07. The summed E-state index contributed by atoms with van der Waals surface area (Å²) < 4.78 is 0. The number of aromatic amines is 1. The van der Waals surface area contributed by atoms with E-state index in [0.29, 0.717) is 19.5 Å². The summed E-state index contributed by atoms with van der Waals surface area (Å²) in [6, 6.07) is 5.95. The number of carbonyl (C=O) groups is 3. The van der Waals surface area contributed by atoms with Crippen LogP contribution in [0.4, 0.5) is 4.79 Å². The first-order valence-corrected chi connectivity index (χ1v) is 9.53. The van der Waals surface area contributed by atoms with Crippen LogP contribution in [-0.2, 0) is 16.0 Å². The van der Waals surface area contributed by atoms with E-state index in [1.54, 1.807) is 11.8 Å². The van der Waals surface area contributed by atoms with Gasteiger partial charge in [-0.2, -0.15) is 0 Å². The van der Waals surface area contributed by atoms with E-state index in [4.69, 9.17) is 0 Å². The number of benzene rings is 1. The molecule has 4 rings (SSSR count). The fraction of sp³-hybridized carbons (Fsp3) is 0.450. The number of hydrogen-bond acceptors (Lipinski definition) is 3. The third-order valence-corrected chi connectivity index (χ3v) is 5.56. The summed E-state index contributed by atoms with van der Waals surface area (Å²) in [5.74, 6) is -0.478. The summed E-state index contributed by atoms with van der Waals surface area (Å²) in [5.41, 5.74) is 1.97. The Morgan fingerprint density at radius 3 is 2.70 bits per heavy atom. The number of carbonyl (C=O) groups excluding carboxylic acids is 3. The van der Waals surface area contributed by atoms with Gasteiger partial charge in [0.15, 0.2) is 0 Å². The minimum atomic E-state index is -0.774. The monoisotopic (exact) mass is 368 g/mol. The van der Waals surface area contributed by atoms with Crippen LogP contribution in [0.1, 0.15) is 31.7 Å². The molecule has 2 aromatic rings. The van der Waals surface area contributed by atoms with Gasteiger partial charge in [0, 0.05) is 36.6 Å². The van der Waals surface area contributed by atoms with Crippen LogP contribution in [0.5, 0.6) is 0 Å². The molecular formula is C20H24N4O3. The van der Waals surface area contributed by atoms with Gasteiger partial charge < -0.3 is 15.2 Å². The Morgan fingerprint density at radius 1 is 1.19 bits per heavy atom. The number of imide groups is 1. The number of H-pyrrole nitrogens is 1. The van der Waals surface area contributed by atoms with Gasteiger partial charge >= 0.3 is 6.03 Å². The molecule has 27 heavy (non-hydrogen) atoms. The molecule has 2 aliphatic rings. The molecule has 3 heterocycles. The maximum absolute atomic E-state index is 12.9. The first-order valence-electron chi connectivity index (χ1n) is 9.53. The molecule has 0 bridgehead atoms. The quantitative estimate of drug-likeness (QED) is 0.810. The zero-order valence-electron chi connectivity index (χ0n) is 15.4. The van der Waals surface area contributed by atoms with Crippen molar-refractivity contribution in [3.05, 3.63) is 36.0 Å². The number of aromatic nitrogens is 1. The van der Waals surface area contributed by atoms with Gasteiger partial charge in [-0.05, 0) is 37.8 Å². The number of urea groups is 1. The van der Waals surface area contributed by atoms with E-state index in [-0.39, 0.29) is 11.8 Å². The molecule has 0 spiro atoms. The van der Waals surface area contributed by atoms with Crippen molar-refractivity contribution in [2.45, 2.75) is 44.7 Å². The zero-order valence-corrected chi connectivity index (χ0v) is 15.4. The number of rotatable bonds is 4. The van der Waals surface area contributed by atoms with E-state index in [1.165, 1.54) is 0 Å². The summed E-state index contributed by atoms with van der Waals surface area (Å²) >= 11 is 0. The molecule has 2 N–H and O–H groups in total. The molecule has 4 amide bonds. The molecule has 0 saturated carbocycles.